The molecule has 0 aromatic heterocycles. The fourth-order valence-corrected chi connectivity index (χ4v) is 2.52. The number of ether oxygens (including phenoxy) is 2. The summed E-state index contributed by atoms with van der Waals surface area (Å²) in [7, 11) is 0. The molecule has 16 heavy (non-hydrogen) atoms. The van der Waals surface area contributed by atoms with Crippen LogP contribution in [0.25, 0.3) is 0 Å². The largest absolute Gasteiger partial charge is 0.461 e. The number of carbonyl (C=O) groups excluding carboxylic acids is 1. The second kappa shape index (κ2) is 5.64. The van der Waals surface area contributed by atoms with Crippen LogP contribution >= 0.6 is 0 Å². The maximum absolute atomic E-state index is 11.8. The Bertz CT molecular complexity index is 232. The Morgan fingerprint density at radius 3 is 2.44 bits per heavy atom. The molecule has 1 saturated heterocycles. The predicted molar refractivity (Wildman–Crippen MR) is 59.9 cm³/mol. The van der Waals surface area contributed by atoms with Crippen LogP contribution in [0.15, 0.2) is 0 Å². The summed E-state index contributed by atoms with van der Waals surface area (Å²) in [6.45, 7) is 1.43. The third kappa shape index (κ3) is 2.95. The lowest BCUT2D eigenvalue weighted by molar-refractivity contribution is -0.152. The first-order valence-corrected chi connectivity index (χ1v) is 6.31. The highest BCUT2D eigenvalue weighted by Gasteiger charge is 2.30. The van der Waals surface area contributed by atoms with Crippen LogP contribution in [0.4, 0.5) is 0 Å². The first kappa shape index (κ1) is 11.9. The normalized spacial score (nSPS) is 25.6. The second-order valence-corrected chi connectivity index (χ2v) is 4.82. The summed E-state index contributed by atoms with van der Waals surface area (Å²) in [5.74, 6) is 0.0291. The van der Waals surface area contributed by atoms with Crippen molar-refractivity contribution in [3.63, 3.8) is 0 Å². The van der Waals surface area contributed by atoms with E-state index in [1.54, 1.807) is 0 Å². The van der Waals surface area contributed by atoms with Crippen LogP contribution in [0.5, 0.6) is 0 Å². The van der Waals surface area contributed by atoms with Crippen molar-refractivity contribution < 1.29 is 14.3 Å². The van der Waals surface area contributed by atoms with E-state index in [1.165, 1.54) is 12.8 Å². The maximum atomic E-state index is 11.8. The number of hydrogen-bond donors (Lipinski definition) is 1. The van der Waals surface area contributed by atoms with E-state index < -0.39 is 6.04 Å². The molecule has 92 valence electrons. The van der Waals surface area contributed by atoms with Crippen molar-refractivity contribution in [2.75, 3.05) is 13.2 Å². The molecule has 0 aromatic rings. The van der Waals surface area contributed by atoms with Gasteiger partial charge in [0, 0.05) is 13.2 Å². The number of rotatable bonds is 3. The molecule has 0 unspecified atom stereocenters. The van der Waals surface area contributed by atoms with Gasteiger partial charge in [-0.25, -0.2) is 0 Å². The van der Waals surface area contributed by atoms with Crippen LogP contribution in [0.1, 0.15) is 38.5 Å². The molecule has 0 spiro atoms. The zero-order valence-corrected chi connectivity index (χ0v) is 9.69. The lowest BCUT2D eigenvalue weighted by atomic mass is 9.92. The Kier molecular flexibility index (Phi) is 4.18. The molecular weight excluding hydrogens is 206 g/mol. The summed E-state index contributed by atoms with van der Waals surface area (Å²) >= 11 is 0. The van der Waals surface area contributed by atoms with Gasteiger partial charge in [-0.3, -0.25) is 4.79 Å². The molecule has 4 nitrogen and oxygen atoms in total. The monoisotopic (exact) mass is 227 g/mol. The summed E-state index contributed by atoms with van der Waals surface area (Å²) in [5, 5.41) is 0. The molecule has 2 aliphatic rings. The fraction of sp³-hybridized carbons (Fsp3) is 0.917. The van der Waals surface area contributed by atoms with Gasteiger partial charge in [0.25, 0.3) is 0 Å². The molecule has 0 amide bonds. The highest BCUT2D eigenvalue weighted by Crippen LogP contribution is 2.23. The van der Waals surface area contributed by atoms with Crippen LogP contribution < -0.4 is 5.73 Å². The molecule has 2 rings (SSSR count). The number of carbonyl (C=O) groups is 1. The Labute approximate surface area is 96.5 Å². The molecule has 1 heterocycles. The zero-order valence-electron chi connectivity index (χ0n) is 9.69. The third-order valence-electron chi connectivity index (χ3n) is 3.63. The molecule has 1 aliphatic carbocycles. The van der Waals surface area contributed by atoms with E-state index in [0.29, 0.717) is 0 Å². The van der Waals surface area contributed by atoms with Crippen molar-refractivity contribution in [1.29, 1.82) is 0 Å². The van der Waals surface area contributed by atoms with Crippen molar-refractivity contribution in [1.82, 2.24) is 0 Å². The number of nitrogens with two attached hydrogens (primary N) is 1. The zero-order chi connectivity index (χ0) is 11.4. The van der Waals surface area contributed by atoms with E-state index in [0.717, 1.165) is 38.9 Å². The Hall–Kier alpha value is -0.610. The Morgan fingerprint density at radius 1 is 1.19 bits per heavy atom. The van der Waals surface area contributed by atoms with E-state index in [4.69, 9.17) is 15.2 Å². The van der Waals surface area contributed by atoms with Gasteiger partial charge < -0.3 is 15.2 Å². The van der Waals surface area contributed by atoms with Crippen LogP contribution in [0, 0.1) is 5.92 Å². The van der Waals surface area contributed by atoms with Crippen LogP contribution in [-0.2, 0) is 14.3 Å². The van der Waals surface area contributed by atoms with E-state index >= 15 is 0 Å². The van der Waals surface area contributed by atoms with Gasteiger partial charge in [-0.2, -0.15) is 0 Å². The van der Waals surface area contributed by atoms with Crippen molar-refractivity contribution in [3.8, 4) is 0 Å². The van der Waals surface area contributed by atoms with Gasteiger partial charge in [-0.05, 0) is 44.4 Å². The molecule has 2 N–H and O–H groups in total. The fourth-order valence-electron chi connectivity index (χ4n) is 2.52. The SMILES string of the molecule is N[C@H](C(=O)OC1CCCC1)C1CCOCC1. The van der Waals surface area contributed by atoms with Crippen LogP contribution in [0.2, 0.25) is 0 Å². The first-order valence-electron chi connectivity index (χ1n) is 6.31. The standard InChI is InChI=1S/C12H21NO3/c13-11(9-5-7-15-8-6-9)12(14)16-10-3-1-2-4-10/h9-11H,1-8,13H2/t11-/m0/s1. The second-order valence-electron chi connectivity index (χ2n) is 4.82. The number of hydrogen-bond acceptors (Lipinski definition) is 4. The summed E-state index contributed by atoms with van der Waals surface area (Å²) in [4.78, 5) is 11.8. The molecule has 2 fully saturated rings. The van der Waals surface area contributed by atoms with Crippen molar-refractivity contribution in [2.45, 2.75) is 50.7 Å². The summed E-state index contributed by atoms with van der Waals surface area (Å²) in [5.41, 5.74) is 5.94. The van der Waals surface area contributed by atoms with Crippen molar-refractivity contribution in [3.05, 3.63) is 0 Å². The highest BCUT2D eigenvalue weighted by molar-refractivity contribution is 5.76. The van der Waals surface area contributed by atoms with Crippen molar-refractivity contribution in [2.24, 2.45) is 11.7 Å². The van der Waals surface area contributed by atoms with E-state index in [9.17, 15) is 4.79 Å². The molecule has 1 atom stereocenters. The van der Waals surface area contributed by atoms with E-state index in [-0.39, 0.29) is 18.0 Å². The molecular formula is C12H21NO3. The van der Waals surface area contributed by atoms with Crippen molar-refractivity contribution >= 4 is 5.97 Å². The molecule has 1 saturated carbocycles. The molecule has 1 aliphatic heterocycles. The molecule has 0 bridgehead atoms. The Balaban J connectivity index is 1.78. The minimum absolute atomic E-state index is 0.124. The predicted octanol–water partition coefficient (Wildman–Crippen LogP) is 1.23. The van der Waals surface area contributed by atoms with Gasteiger partial charge >= 0.3 is 5.97 Å². The van der Waals surface area contributed by atoms with Gasteiger partial charge in [-0.15, -0.1) is 0 Å². The first-order chi connectivity index (χ1) is 7.77. The quantitative estimate of drug-likeness (QED) is 0.736. The summed E-state index contributed by atoms with van der Waals surface area (Å²) in [6, 6.07) is -0.454. The maximum Gasteiger partial charge on any atom is 0.323 e. The van der Waals surface area contributed by atoms with Gasteiger partial charge in [0.2, 0.25) is 0 Å². The highest BCUT2D eigenvalue weighted by atomic mass is 16.5. The minimum Gasteiger partial charge on any atom is -0.461 e. The van der Waals surface area contributed by atoms with Crippen LogP contribution in [0.3, 0.4) is 0 Å². The van der Waals surface area contributed by atoms with E-state index in [1.807, 2.05) is 0 Å². The molecule has 4 heteroatoms. The van der Waals surface area contributed by atoms with Gasteiger partial charge in [0.05, 0.1) is 0 Å². The Morgan fingerprint density at radius 2 is 1.81 bits per heavy atom. The van der Waals surface area contributed by atoms with Gasteiger partial charge in [-0.1, -0.05) is 0 Å². The van der Waals surface area contributed by atoms with Crippen LogP contribution in [-0.4, -0.2) is 31.3 Å². The topological polar surface area (TPSA) is 61.6 Å². The van der Waals surface area contributed by atoms with Gasteiger partial charge in [0.1, 0.15) is 12.1 Å². The number of esters is 1. The smallest absolute Gasteiger partial charge is 0.323 e. The van der Waals surface area contributed by atoms with E-state index in [2.05, 4.69) is 0 Å². The lowest BCUT2D eigenvalue weighted by Crippen LogP contribution is -2.42. The summed E-state index contributed by atoms with van der Waals surface area (Å²) in [6.07, 6.45) is 6.23. The molecule has 0 radical (unpaired) electrons. The molecule has 0 aromatic carbocycles. The lowest BCUT2D eigenvalue weighted by Gasteiger charge is -2.27. The minimum atomic E-state index is -0.454. The van der Waals surface area contributed by atoms with Gasteiger partial charge in [0.15, 0.2) is 0 Å². The summed E-state index contributed by atoms with van der Waals surface area (Å²) < 4.78 is 10.7. The average Bonchev–Trinajstić information content (AvgIpc) is 2.82. The average molecular weight is 227 g/mol. The third-order valence-corrected chi connectivity index (χ3v) is 3.63.